The van der Waals surface area contributed by atoms with E-state index >= 15 is 0 Å². The van der Waals surface area contributed by atoms with Crippen LogP contribution in [0, 0.1) is 11.7 Å². The third kappa shape index (κ3) is 2.71. The van der Waals surface area contributed by atoms with Crippen molar-refractivity contribution in [2.75, 3.05) is 26.2 Å². The molecule has 2 aliphatic heterocycles. The molecule has 0 N–H and O–H groups in total. The van der Waals surface area contributed by atoms with Crippen LogP contribution in [0.3, 0.4) is 0 Å². The normalized spacial score (nSPS) is 22.4. The Morgan fingerprint density at radius 3 is 3.08 bits per heavy atom. The van der Waals surface area contributed by atoms with Gasteiger partial charge < -0.3 is 4.74 Å². The maximum absolute atomic E-state index is 13.8. The molecule has 1 fully saturated rings. The summed E-state index contributed by atoms with van der Waals surface area (Å²) in [5, 5.41) is 5.48. The van der Waals surface area contributed by atoms with Crippen LogP contribution < -0.4 is 4.74 Å². The summed E-state index contributed by atoms with van der Waals surface area (Å²) in [5.74, 6) is 1.32. The van der Waals surface area contributed by atoms with E-state index in [-0.39, 0.29) is 5.82 Å². The quantitative estimate of drug-likeness (QED) is 0.567. The van der Waals surface area contributed by atoms with E-state index in [0.717, 1.165) is 38.3 Å². The minimum atomic E-state index is -0.348. The number of rotatable bonds is 0. The number of hydrogen-bond donors (Lipinski definition) is 0. The van der Waals surface area contributed by atoms with Crippen molar-refractivity contribution in [1.82, 2.24) is 24.6 Å². The Kier molecular flexibility index (Phi) is 3.79. The van der Waals surface area contributed by atoms with Crippen molar-refractivity contribution < 1.29 is 9.13 Å². The molecular formula is C18H17ClFN5O. The molecule has 26 heavy (non-hydrogen) atoms. The molecule has 0 spiro atoms. The Labute approximate surface area is 154 Å². The number of benzene rings is 1. The molecule has 0 aliphatic carbocycles. The molecule has 5 rings (SSSR count). The lowest BCUT2D eigenvalue weighted by Gasteiger charge is -2.17. The van der Waals surface area contributed by atoms with Crippen LogP contribution in [0.1, 0.15) is 12.2 Å². The second-order valence-electron chi connectivity index (χ2n) is 6.84. The Hall–Kier alpha value is -2.25. The van der Waals surface area contributed by atoms with Gasteiger partial charge in [0, 0.05) is 25.6 Å². The van der Waals surface area contributed by atoms with E-state index in [2.05, 4.69) is 15.0 Å². The van der Waals surface area contributed by atoms with Gasteiger partial charge in [-0.1, -0.05) is 11.6 Å². The van der Waals surface area contributed by atoms with Crippen molar-refractivity contribution in [3.8, 4) is 11.4 Å². The molecule has 0 saturated carbocycles. The van der Waals surface area contributed by atoms with Crippen LogP contribution in [0.25, 0.3) is 16.7 Å². The molecule has 4 bridgehead atoms. The summed E-state index contributed by atoms with van der Waals surface area (Å²) in [5.41, 5.74) is 1.26. The average Bonchev–Trinajstić information content (AvgIpc) is 3.22. The molecule has 3 aromatic rings. The van der Waals surface area contributed by atoms with E-state index in [0.29, 0.717) is 40.1 Å². The number of hydrogen-bond acceptors (Lipinski definition) is 5. The maximum atomic E-state index is 13.8. The smallest absolute Gasteiger partial charge is 0.168 e. The van der Waals surface area contributed by atoms with Crippen molar-refractivity contribution in [3.63, 3.8) is 0 Å². The minimum Gasteiger partial charge on any atom is -0.490 e. The second-order valence-corrected chi connectivity index (χ2v) is 7.20. The molecule has 134 valence electrons. The van der Waals surface area contributed by atoms with Gasteiger partial charge in [-0.25, -0.2) is 19.0 Å². The van der Waals surface area contributed by atoms with Crippen molar-refractivity contribution in [1.29, 1.82) is 0 Å². The largest absolute Gasteiger partial charge is 0.490 e. The van der Waals surface area contributed by atoms with Crippen LogP contribution in [-0.4, -0.2) is 50.9 Å². The lowest BCUT2D eigenvalue weighted by Crippen LogP contribution is -2.26. The highest BCUT2D eigenvalue weighted by atomic mass is 35.5. The summed E-state index contributed by atoms with van der Waals surface area (Å²) in [4.78, 5) is 11.5. The van der Waals surface area contributed by atoms with E-state index in [1.807, 2.05) is 0 Å². The molecule has 2 unspecified atom stereocenters. The van der Waals surface area contributed by atoms with Crippen LogP contribution in [0.4, 0.5) is 4.39 Å². The van der Waals surface area contributed by atoms with Gasteiger partial charge in [0.15, 0.2) is 5.65 Å². The topological polar surface area (TPSA) is 56.1 Å². The van der Waals surface area contributed by atoms with Crippen LogP contribution in [-0.2, 0) is 6.42 Å². The lowest BCUT2D eigenvalue weighted by molar-refractivity contribution is 0.231. The van der Waals surface area contributed by atoms with E-state index in [9.17, 15) is 4.39 Å². The SMILES string of the molecule is Fc1ccc2c(c1)OCCN1CCC(Cc3nc(Cl)c4cnn-2c4n3)C1. The molecule has 2 atom stereocenters. The van der Waals surface area contributed by atoms with Gasteiger partial charge in [-0.15, -0.1) is 0 Å². The fraction of sp³-hybridized carbons (Fsp3) is 0.389. The van der Waals surface area contributed by atoms with Gasteiger partial charge in [0.2, 0.25) is 0 Å². The molecule has 4 heterocycles. The third-order valence-corrected chi connectivity index (χ3v) is 5.37. The molecule has 0 amide bonds. The first-order chi connectivity index (χ1) is 12.7. The monoisotopic (exact) mass is 373 g/mol. The van der Waals surface area contributed by atoms with Gasteiger partial charge in [0.1, 0.15) is 34.8 Å². The molecule has 8 heteroatoms. The summed E-state index contributed by atoms with van der Waals surface area (Å²) < 4.78 is 21.4. The lowest BCUT2D eigenvalue weighted by atomic mass is 10.0. The minimum absolute atomic E-state index is 0.348. The Bertz CT molecular complexity index is 991. The zero-order chi connectivity index (χ0) is 17.7. The number of fused-ring (bicyclic) bond motifs is 5. The summed E-state index contributed by atoms with van der Waals surface area (Å²) in [7, 11) is 0. The van der Waals surface area contributed by atoms with E-state index < -0.39 is 0 Å². The summed E-state index contributed by atoms with van der Waals surface area (Å²) in [6, 6.07) is 4.43. The highest BCUT2D eigenvalue weighted by molar-refractivity contribution is 6.33. The number of nitrogens with zero attached hydrogens (tertiary/aromatic N) is 5. The maximum Gasteiger partial charge on any atom is 0.168 e. The number of ether oxygens (including phenoxy) is 1. The Balaban J connectivity index is 1.71. The zero-order valence-corrected chi connectivity index (χ0v) is 14.8. The van der Waals surface area contributed by atoms with Crippen LogP contribution in [0.5, 0.6) is 5.75 Å². The van der Waals surface area contributed by atoms with Crippen LogP contribution >= 0.6 is 11.6 Å². The Morgan fingerprint density at radius 1 is 1.23 bits per heavy atom. The highest BCUT2D eigenvalue weighted by Gasteiger charge is 2.25. The molecule has 0 radical (unpaired) electrons. The third-order valence-electron chi connectivity index (χ3n) is 5.08. The highest BCUT2D eigenvalue weighted by Crippen LogP contribution is 2.30. The Morgan fingerprint density at radius 2 is 2.15 bits per heavy atom. The van der Waals surface area contributed by atoms with E-state index in [1.165, 1.54) is 12.1 Å². The zero-order valence-electron chi connectivity index (χ0n) is 14.0. The van der Waals surface area contributed by atoms with Gasteiger partial charge in [0.25, 0.3) is 0 Å². The van der Waals surface area contributed by atoms with Crippen LogP contribution in [0.2, 0.25) is 5.15 Å². The number of aromatic nitrogens is 4. The molecule has 2 aliphatic rings. The second kappa shape index (κ2) is 6.17. The summed E-state index contributed by atoms with van der Waals surface area (Å²) >= 11 is 6.38. The first-order valence-corrected chi connectivity index (χ1v) is 9.10. The number of halogens is 2. The molecular weight excluding hydrogens is 357 g/mol. The predicted molar refractivity (Wildman–Crippen MR) is 95.4 cm³/mol. The van der Waals surface area contributed by atoms with E-state index in [4.69, 9.17) is 21.3 Å². The predicted octanol–water partition coefficient (Wildman–Crippen LogP) is 2.86. The summed E-state index contributed by atoms with van der Waals surface area (Å²) in [6.07, 6.45) is 3.52. The van der Waals surface area contributed by atoms with Crippen molar-refractivity contribution in [2.24, 2.45) is 5.92 Å². The van der Waals surface area contributed by atoms with Gasteiger partial charge in [-0.05, 0) is 31.0 Å². The fourth-order valence-corrected chi connectivity index (χ4v) is 4.02. The van der Waals surface area contributed by atoms with Crippen molar-refractivity contribution in [3.05, 3.63) is 41.2 Å². The van der Waals surface area contributed by atoms with Gasteiger partial charge in [0.05, 0.1) is 11.6 Å². The van der Waals surface area contributed by atoms with Crippen molar-refractivity contribution in [2.45, 2.75) is 12.8 Å². The molecule has 1 aromatic carbocycles. The molecule has 6 nitrogen and oxygen atoms in total. The van der Waals surface area contributed by atoms with Gasteiger partial charge >= 0.3 is 0 Å². The molecule has 2 aromatic heterocycles. The van der Waals surface area contributed by atoms with E-state index in [1.54, 1.807) is 16.9 Å². The average molecular weight is 374 g/mol. The first kappa shape index (κ1) is 16.0. The standard InChI is InChI=1S/C18H17ClFN5O/c19-17-13-9-21-25-14-2-1-12(20)8-15(14)26-6-5-24-4-3-11(10-24)7-16(22-17)23-18(13)25/h1-2,8-9,11H,3-7,10H2. The first-order valence-electron chi connectivity index (χ1n) is 8.72. The van der Waals surface area contributed by atoms with Gasteiger partial charge in [-0.2, -0.15) is 5.10 Å². The molecule has 1 saturated heterocycles. The summed E-state index contributed by atoms with van der Waals surface area (Å²) in [6.45, 7) is 3.31. The van der Waals surface area contributed by atoms with Crippen LogP contribution in [0.15, 0.2) is 24.4 Å². The van der Waals surface area contributed by atoms with Crippen molar-refractivity contribution >= 4 is 22.6 Å². The van der Waals surface area contributed by atoms with Gasteiger partial charge in [-0.3, -0.25) is 4.90 Å². The fourth-order valence-electron chi connectivity index (χ4n) is 3.79.